The normalized spacial score (nSPS) is 20.5. The van der Waals surface area contributed by atoms with Gasteiger partial charge >= 0.3 is 5.97 Å². The molecule has 0 radical (unpaired) electrons. The monoisotopic (exact) mass is 595 g/mol. The second kappa shape index (κ2) is 12.9. The lowest BCUT2D eigenvalue weighted by Crippen LogP contribution is -2.49. The van der Waals surface area contributed by atoms with Gasteiger partial charge in [0.05, 0.1) is 28.0 Å². The first-order valence-corrected chi connectivity index (χ1v) is 14.7. The maximum atomic E-state index is 12.8. The summed E-state index contributed by atoms with van der Waals surface area (Å²) in [6.07, 6.45) is 5.84. The van der Waals surface area contributed by atoms with E-state index in [1.54, 1.807) is 39.8 Å². The molecule has 3 heterocycles. The van der Waals surface area contributed by atoms with Crippen LogP contribution in [0.2, 0.25) is 0 Å². The maximum Gasteiger partial charge on any atom is 0.304 e. The highest BCUT2D eigenvalue weighted by Gasteiger charge is 2.30. The summed E-state index contributed by atoms with van der Waals surface area (Å²) >= 11 is 15.8. The number of aliphatic carboxylic acids is 1. The van der Waals surface area contributed by atoms with Gasteiger partial charge in [0.25, 0.3) is 5.91 Å². The zero-order chi connectivity index (χ0) is 27.2. The lowest BCUT2D eigenvalue weighted by atomic mass is 9.97. The molecule has 8 nitrogen and oxygen atoms in total. The Labute approximate surface area is 238 Å². The van der Waals surface area contributed by atoms with Crippen molar-refractivity contribution in [3.63, 3.8) is 0 Å². The van der Waals surface area contributed by atoms with Gasteiger partial charge in [-0.05, 0) is 52.9 Å². The van der Waals surface area contributed by atoms with Crippen LogP contribution in [-0.2, 0) is 14.4 Å². The predicted molar refractivity (Wildman–Crippen MR) is 150 cm³/mol. The van der Waals surface area contributed by atoms with Crippen molar-refractivity contribution in [2.24, 2.45) is 5.92 Å². The Bertz CT molecular complexity index is 1240. The number of carbonyl (C=O) groups excluding carboxylic acids is 3. The van der Waals surface area contributed by atoms with Crippen molar-refractivity contribution in [3.05, 3.63) is 62.0 Å². The molecule has 2 aromatic rings. The molecular weight excluding hydrogens is 569 g/mol. The van der Waals surface area contributed by atoms with Gasteiger partial charge in [-0.15, -0.1) is 45.9 Å². The minimum atomic E-state index is -1.12. The molecule has 0 bridgehead atoms. The summed E-state index contributed by atoms with van der Waals surface area (Å²) in [5.74, 6) is -2.94. The van der Waals surface area contributed by atoms with Crippen LogP contribution in [0.1, 0.15) is 44.8 Å². The van der Waals surface area contributed by atoms with Crippen molar-refractivity contribution in [2.45, 2.75) is 36.1 Å². The Morgan fingerprint density at radius 1 is 1.11 bits per heavy atom. The van der Waals surface area contributed by atoms with Crippen LogP contribution in [0.4, 0.5) is 0 Å². The molecule has 1 aliphatic carbocycles. The SMILES string of the molecule is O=C(O)CC(CNC(=O)c1cccs1)C(=O)NC1CCN(C(=O)/C=C/C2=Cc3ccsc3C(Cl)C2Cl)CC1. The molecule has 3 N–H and O–H groups in total. The minimum absolute atomic E-state index is 0.0789. The lowest BCUT2D eigenvalue weighted by molar-refractivity contribution is -0.141. The number of nitrogens with zero attached hydrogens (tertiary/aromatic N) is 1. The number of thiophene rings is 2. The van der Waals surface area contributed by atoms with Crippen LogP contribution < -0.4 is 10.6 Å². The van der Waals surface area contributed by atoms with Crippen molar-refractivity contribution in [3.8, 4) is 0 Å². The van der Waals surface area contributed by atoms with E-state index in [4.69, 9.17) is 23.2 Å². The van der Waals surface area contributed by atoms with Crippen molar-refractivity contribution in [1.29, 1.82) is 0 Å². The first-order chi connectivity index (χ1) is 18.2. The highest BCUT2D eigenvalue weighted by atomic mass is 35.5. The van der Waals surface area contributed by atoms with Gasteiger partial charge < -0.3 is 20.6 Å². The smallest absolute Gasteiger partial charge is 0.304 e. The summed E-state index contributed by atoms with van der Waals surface area (Å²) in [4.78, 5) is 52.3. The highest BCUT2D eigenvalue weighted by molar-refractivity contribution is 7.12. The van der Waals surface area contributed by atoms with Crippen LogP contribution in [0, 0.1) is 5.92 Å². The fraction of sp³-hybridized carbons (Fsp3) is 0.385. The van der Waals surface area contributed by atoms with Gasteiger partial charge in [-0.2, -0.15) is 0 Å². The van der Waals surface area contributed by atoms with Crippen LogP contribution in [0.3, 0.4) is 0 Å². The predicted octanol–water partition coefficient (Wildman–Crippen LogP) is 4.28. The summed E-state index contributed by atoms with van der Waals surface area (Å²) in [5, 5.41) is 17.7. The van der Waals surface area contributed by atoms with Gasteiger partial charge in [-0.25, -0.2) is 0 Å². The number of nitrogens with one attached hydrogen (secondary N) is 2. The third kappa shape index (κ3) is 7.05. The second-order valence-corrected chi connectivity index (χ2v) is 11.9. The van der Waals surface area contributed by atoms with Crippen molar-refractivity contribution in [1.82, 2.24) is 15.5 Å². The summed E-state index contributed by atoms with van der Waals surface area (Å²) in [5.41, 5.74) is 1.80. The molecule has 12 heteroatoms. The number of rotatable bonds is 9. The first-order valence-electron chi connectivity index (χ1n) is 12.1. The number of halogens is 2. The second-order valence-electron chi connectivity index (χ2n) is 9.11. The minimum Gasteiger partial charge on any atom is -0.481 e. The van der Waals surface area contributed by atoms with Crippen LogP contribution in [0.5, 0.6) is 0 Å². The van der Waals surface area contributed by atoms with Gasteiger partial charge in [0.15, 0.2) is 0 Å². The number of alkyl halides is 2. The van der Waals surface area contributed by atoms with Crippen LogP contribution in [0.15, 0.2) is 46.7 Å². The van der Waals surface area contributed by atoms with E-state index in [-0.39, 0.29) is 29.8 Å². The summed E-state index contributed by atoms with van der Waals surface area (Å²) in [6.45, 7) is 0.816. The van der Waals surface area contributed by atoms with Gasteiger partial charge in [-0.3, -0.25) is 19.2 Å². The van der Waals surface area contributed by atoms with Crippen LogP contribution in [0.25, 0.3) is 6.08 Å². The van der Waals surface area contributed by atoms with E-state index < -0.39 is 29.6 Å². The number of allylic oxidation sites excluding steroid dienone is 2. The Kier molecular flexibility index (Phi) is 9.64. The fourth-order valence-electron chi connectivity index (χ4n) is 4.39. The Morgan fingerprint density at radius 3 is 2.55 bits per heavy atom. The molecule has 3 atom stereocenters. The van der Waals surface area contributed by atoms with Crippen molar-refractivity contribution < 1.29 is 24.3 Å². The van der Waals surface area contributed by atoms with Gasteiger partial charge in [-0.1, -0.05) is 12.1 Å². The van der Waals surface area contributed by atoms with Gasteiger partial charge in [0.1, 0.15) is 0 Å². The number of piperidine rings is 1. The molecule has 0 spiro atoms. The highest BCUT2D eigenvalue weighted by Crippen LogP contribution is 2.42. The Morgan fingerprint density at radius 2 is 1.87 bits per heavy atom. The number of carboxylic acid groups (broad SMARTS) is 1. The molecule has 202 valence electrons. The average molecular weight is 597 g/mol. The number of hydrogen-bond donors (Lipinski definition) is 3. The number of likely N-dealkylation sites (tertiary alicyclic amines) is 1. The zero-order valence-corrected chi connectivity index (χ0v) is 23.4. The van der Waals surface area contributed by atoms with E-state index in [0.29, 0.717) is 30.8 Å². The quantitative estimate of drug-likeness (QED) is 0.295. The number of carbonyl (C=O) groups is 4. The Balaban J connectivity index is 1.27. The molecule has 4 rings (SSSR count). The summed E-state index contributed by atoms with van der Waals surface area (Å²) in [7, 11) is 0. The average Bonchev–Trinajstić information content (AvgIpc) is 3.60. The molecule has 1 aliphatic heterocycles. The number of amides is 3. The van der Waals surface area contributed by atoms with Crippen molar-refractivity contribution >= 4 is 75.6 Å². The molecule has 3 unspecified atom stereocenters. The third-order valence-corrected chi connectivity index (χ3v) is 9.61. The van der Waals surface area contributed by atoms with Crippen LogP contribution in [-0.4, -0.2) is 64.8 Å². The number of hydrogen-bond acceptors (Lipinski definition) is 6. The molecule has 0 saturated carbocycles. The molecule has 2 aromatic heterocycles. The lowest BCUT2D eigenvalue weighted by Gasteiger charge is -2.32. The third-order valence-electron chi connectivity index (χ3n) is 6.49. The zero-order valence-electron chi connectivity index (χ0n) is 20.3. The number of fused-ring (bicyclic) bond motifs is 1. The van der Waals surface area contributed by atoms with E-state index in [1.807, 2.05) is 17.5 Å². The summed E-state index contributed by atoms with van der Waals surface area (Å²) in [6, 6.07) is 5.18. The first kappa shape index (κ1) is 28.4. The van der Waals surface area contributed by atoms with E-state index in [1.165, 1.54) is 17.4 Å². The standard InChI is InChI=1S/C26H27Cl2N3O5S2/c27-22-15(12-16-7-11-38-24(16)23(22)28)3-4-20(32)31-8-5-18(6-9-31)30-25(35)17(13-21(33)34)14-29-26(36)19-2-1-10-37-19/h1-4,7,10-12,17-18,22-23H,5-6,8-9,13-14H2,(H,29,36)(H,30,35)(H,33,34)/b4-3+. The largest absolute Gasteiger partial charge is 0.481 e. The molecule has 1 saturated heterocycles. The molecular formula is C26H27Cl2N3O5S2. The van der Waals surface area contributed by atoms with Crippen molar-refractivity contribution in [2.75, 3.05) is 19.6 Å². The van der Waals surface area contributed by atoms with E-state index in [0.717, 1.165) is 16.0 Å². The van der Waals surface area contributed by atoms with E-state index >= 15 is 0 Å². The summed E-state index contributed by atoms with van der Waals surface area (Å²) < 4.78 is 0. The van der Waals surface area contributed by atoms with Crippen LogP contribution >= 0.6 is 45.9 Å². The fourth-order valence-corrected chi connectivity index (χ4v) is 6.68. The Hall–Kier alpha value is -2.66. The molecule has 3 amide bonds. The van der Waals surface area contributed by atoms with E-state index in [9.17, 15) is 24.3 Å². The molecule has 38 heavy (non-hydrogen) atoms. The molecule has 0 aromatic carbocycles. The molecule has 2 aliphatic rings. The van der Waals surface area contributed by atoms with Gasteiger partial charge in [0, 0.05) is 36.6 Å². The molecule has 1 fully saturated rings. The maximum absolute atomic E-state index is 12.8. The number of carboxylic acids is 1. The van der Waals surface area contributed by atoms with Gasteiger partial charge in [0.2, 0.25) is 11.8 Å². The van der Waals surface area contributed by atoms with E-state index in [2.05, 4.69) is 10.6 Å². The topological polar surface area (TPSA) is 116 Å².